The van der Waals surface area contributed by atoms with Crippen molar-refractivity contribution in [2.75, 3.05) is 0 Å². The number of hydrogen-bond donors (Lipinski definition) is 1. The van der Waals surface area contributed by atoms with E-state index in [2.05, 4.69) is 16.8 Å². The molecule has 1 nitrogen and oxygen atoms in total. The van der Waals surface area contributed by atoms with Crippen molar-refractivity contribution in [1.82, 2.24) is 0 Å². The van der Waals surface area contributed by atoms with E-state index in [1.54, 1.807) is 11.3 Å². The molecule has 1 aromatic heterocycles. The van der Waals surface area contributed by atoms with Crippen molar-refractivity contribution >= 4 is 11.3 Å². The maximum atomic E-state index is 10.1. The van der Waals surface area contributed by atoms with Gasteiger partial charge in [-0.25, -0.2) is 0 Å². The zero-order chi connectivity index (χ0) is 11.2. The SMILES string of the molecule is OC(Cc1ccsc1)CC1CCCCCC1. The molecular weight excluding hydrogens is 216 g/mol. The average Bonchev–Trinajstić information content (AvgIpc) is 2.62. The zero-order valence-electron chi connectivity index (χ0n) is 9.90. The molecule has 0 aromatic carbocycles. The molecule has 0 saturated heterocycles. The third-order valence-corrected chi connectivity index (χ3v) is 4.36. The van der Waals surface area contributed by atoms with Crippen LogP contribution in [-0.4, -0.2) is 11.2 Å². The van der Waals surface area contributed by atoms with Crippen molar-refractivity contribution in [2.24, 2.45) is 5.92 Å². The van der Waals surface area contributed by atoms with Crippen LogP contribution in [0.2, 0.25) is 0 Å². The molecule has 0 spiro atoms. The lowest BCUT2D eigenvalue weighted by Gasteiger charge is -2.18. The third kappa shape index (κ3) is 3.91. The molecule has 1 heterocycles. The lowest BCUT2D eigenvalue weighted by atomic mass is 9.92. The van der Waals surface area contributed by atoms with E-state index in [9.17, 15) is 5.11 Å². The van der Waals surface area contributed by atoms with Crippen LogP contribution in [0.4, 0.5) is 0 Å². The van der Waals surface area contributed by atoms with Gasteiger partial charge in [-0.2, -0.15) is 11.3 Å². The van der Waals surface area contributed by atoms with Crippen molar-refractivity contribution in [2.45, 2.75) is 57.5 Å². The Labute approximate surface area is 103 Å². The summed E-state index contributed by atoms with van der Waals surface area (Å²) in [4.78, 5) is 0. The van der Waals surface area contributed by atoms with Crippen molar-refractivity contribution in [3.8, 4) is 0 Å². The standard InChI is InChI=1S/C14H22OS/c15-14(10-13-7-8-16-11-13)9-12-5-3-1-2-4-6-12/h7-8,11-12,14-15H,1-6,9-10H2. The summed E-state index contributed by atoms with van der Waals surface area (Å²) < 4.78 is 0. The second-order valence-corrected chi connectivity index (χ2v) is 5.86. The van der Waals surface area contributed by atoms with Crippen LogP contribution in [0.15, 0.2) is 16.8 Å². The van der Waals surface area contributed by atoms with Gasteiger partial charge in [-0.05, 0) is 41.1 Å². The van der Waals surface area contributed by atoms with Gasteiger partial charge in [-0.3, -0.25) is 0 Å². The Balaban J connectivity index is 1.75. The lowest BCUT2D eigenvalue weighted by Crippen LogP contribution is -2.15. The molecule has 1 saturated carbocycles. The zero-order valence-corrected chi connectivity index (χ0v) is 10.7. The summed E-state index contributed by atoms with van der Waals surface area (Å²) in [5.74, 6) is 0.774. The molecule has 1 aliphatic rings. The number of rotatable bonds is 4. The van der Waals surface area contributed by atoms with E-state index in [1.807, 2.05) is 0 Å². The van der Waals surface area contributed by atoms with Crippen molar-refractivity contribution in [1.29, 1.82) is 0 Å². The predicted molar refractivity (Wildman–Crippen MR) is 69.8 cm³/mol. The highest BCUT2D eigenvalue weighted by Crippen LogP contribution is 2.27. The maximum Gasteiger partial charge on any atom is 0.0583 e. The van der Waals surface area contributed by atoms with Gasteiger partial charge in [0.25, 0.3) is 0 Å². The fourth-order valence-corrected chi connectivity index (χ4v) is 3.43. The molecule has 16 heavy (non-hydrogen) atoms. The van der Waals surface area contributed by atoms with E-state index < -0.39 is 0 Å². The highest BCUT2D eigenvalue weighted by molar-refractivity contribution is 7.07. The quantitative estimate of drug-likeness (QED) is 0.786. The van der Waals surface area contributed by atoms with Crippen LogP contribution in [-0.2, 0) is 6.42 Å². The van der Waals surface area contributed by atoms with E-state index in [-0.39, 0.29) is 6.10 Å². The van der Waals surface area contributed by atoms with E-state index in [1.165, 1.54) is 44.1 Å². The van der Waals surface area contributed by atoms with Gasteiger partial charge in [-0.1, -0.05) is 38.5 Å². The minimum Gasteiger partial charge on any atom is -0.393 e. The van der Waals surface area contributed by atoms with E-state index in [0.717, 1.165) is 18.8 Å². The molecule has 1 aromatic rings. The normalized spacial score (nSPS) is 20.6. The first kappa shape index (κ1) is 12.1. The molecule has 0 radical (unpaired) electrons. The Morgan fingerprint density at radius 1 is 1.25 bits per heavy atom. The molecule has 0 aliphatic heterocycles. The molecule has 1 unspecified atom stereocenters. The molecule has 1 N–H and O–H groups in total. The highest BCUT2D eigenvalue weighted by atomic mass is 32.1. The second kappa shape index (κ2) is 6.41. The first-order valence-electron chi connectivity index (χ1n) is 6.54. The van der Waals surface area contributed by atoms with Crippen molar-refractivity contribution in [3.63, 3.8) is 0 Å². The smallest absolute Gasteiger partial charge is 0.0583 e. The summed E-state index contributed by atoms with van der Waals surface area (Å²) in [6, 6.07) is 2.13. The maximum absolute atomic E-state index is 10.1. The predicted octanol–water partition coefficient (Wildman–Crippen LogP) is 4.01. The fraction of sp³-hybridized carbons (Fsp3) is 0.714. The highest BCUT2D eigenvalue weighted by Gasteiger charge is 2.16. The van der Waals surface area contributed by atoms with E-state index >= 15 is 0 Å². The number of thiophene rings is 1. The first-order chi connectivity index (χ1) is 7.84. The van der Waals surface area contributed by atoms with Gasteiger partial charge in [0.05, 0.1) is 6.10 Å². The fourth-order valence-electron chi connectivity index (χ4n) is 2.75. The monoisotopic (exact) mass is 238 g/mol. The van der Waals surface area contributed by atoms with E-state index in [4.69, 9.17) is 0 Å². The van der Waals surface area contributed by atoms with Crippen LogP contribution >= 0.6 is 11.3 Å². The molecule has 2 rings (SSSR count). The van der Waals surface area contributed by atoms with Gasteiger partial charge < -0.3 is 5.11 Å². The summed E-state index contributed by atoms with van der Waals surface area (Å²) >= 11 is 1.72. The molecule has 0 bridgehead atoms. The van der Waals surface area contributed by atoms with Gasteiger partial charge >= 0.3 is 0 Å². The Hall–Kier alpha value is -0.340. The van der Waals surface area contributed by atoms with Crippen LogP contribution in [0.3, 0.4) is 0 Å². The summed E-state index contributed by atoms with van der Waals surface area (Å²) in [6.45, 7) is 0. The Morgan fingerprint density at radius 3 is 2.62 bits per heavy atom. The molecule has 1 atom stereocenters. The number of aliphatic hydroxyl groups excluding tert-OH is 1. The van der Waals surface area contributed by atoms with Crippen LogP contribution in [0, 0.1) is 5.92 Å². The minimum absolute atomic E-state index is 0.127. The molecule has 90 valence electrons. The lowest BCUT2D eigenvalue weighted by molar-refractivity contribution is 0.137. The van der Waals surface area contributed by atoms with Crippen molar-refractivity contribution < 1.29 is 5.11 Å². The average molecular weight is 238 g/mol. The molecule has 0 amide bonds. The van der Waals surface area contributed by atoms with Crippen LogP contribution < -0.4 is 0 Å². The Morgan fingerprint density at radius 2 is 2.00 bits per heavy atom. The molecule has 2 heteroatoms. The summed E-state index contributed by atoms with van der Waals surface area (Å²) in [6.07, 6.45) is 9.94. The number of aliphatic hydroxyl groups is 1. The van der Waals surface area contributed by atoms with Gasteiger partial charge in [0.1, 0.15) is 0 Å². The molecular formula is C14H22OS. The Kier molecular flexibility index (Phi) is 4.86. The summed E-state index contributed by atoms with van der Waals surface area (Å²) in [5, 5.41) is 14.3. The van der Waals surface area contributed by atoms with Gasteiger partial charge in [-0.15, -0.1) is 0 Å². The van der Waals surface area contributed by atoms with Gasteiger partial charge in [0.15, 0.2) is 0 Å². The van der Waals surface area contributed by atoms with Gasteiger partial charge in [0.2, 0.25) is 0 Å². The molecule has 1 aliphatic carbocycles. The third-order valence-electron chi connectivity index (χ3n) is 3.63. The summed E-state index contributed by atoms with van der Waals surface area (Å²) in [5.41, 5.74) is 1.30. The van der Waals surface area contributed by atoms with Gasteiger partial charge in [0, 0.05) is 0 Å². The number of hydrogen-bond acceptors (Lipinski definition) is 2. The van der Waals surface area contributed by atoms with Crippen LogP contribution in [0.1, 0.15) is 50.5 Å². The van der Waals surface area contributed by atoms with E-state index in [0.29, 0.717) is 0 Å². The van der Waals surface area contributed by atoms with Crippen LogP contribution in [0.5, 0.6) is 0 Å². The second-order valence-electron chi connectivity index (χ2n) is 5.08. The van der Waals surface area contributed by atoms with Crippen molar-refractivity contribution in [3.05, 3.63) is 22.4 Å². The Bertz CT molecular complexity index is 273. The minimum atomic E-state index is -0.127. The molecule has 1 fully saturated rings. The summed E-state index contributed by atoms with van der Waals surface area (Å²) in [7, 11) is 0. The topological polar surface area (TPSA) is 20.2 Å². The van der Waals surface area contributed by atoms with Crippen LogP contribution in [0.25, 0.3) is 0 Å². The first-order valence-corrected chi connectivity index (χ1v) is 7.48. The largest absolute Gasteiger partial charge is 0.393 e.